The zero-order chi connectivity index (χ0) is 20.1. The Bertz CT molecular complexity index is 703. The van der Waals surface area contributed by atoms with Gasteiger partial charge >= 0.3 is 6.11 Å². The second-order valence-electron chi connectivity index (χ2n) is 7.59. The summed E-state index contributed by atoms with van der Waals surface area (Å²) in [6, 6.07) is 3.61. The summed E-state index contributed by atoms with van der Waals surface area (Å²) < 4.78 is 42.2. The summed E-state index contributed by atoms with van der Waals surface area (Å²) in [4.78, 5) is 6.26. The number of aromatic nitrogens is 1. The minimum Gasteiger partial charge on any atom is -0.375 e. The molecule has 1 aromatic heterocycles. The normalized spacial score (nSPS) is 23.3. The average Bonchev–Trinajstić information content (AvgIpc) is 2.65. The van der Waals surface area contributed by atoms with E-state index in [-0.39, 0.29) is 12.2 Å². The lowest BCUT2D eigenvalue weighted by Crippen LogP contribution is -2.44. The molecule has 2 aliphatic rings. The number of hydrogen-bond acceptors (Lipinski definition) is 5. The van der Waals surface area contributed by atoms with Crippen LogP contribution in [-0.2, 0) is 14.2 Å². The lowest BCUT2D eigenvalue weighted by molar-refractivity contribution is -0.172. The van der Waals surface area contributed by atoms with E-state index in [1.54, 1.807) is 18.2 Å². The quantitative estimate of drug-likeness (QED) is 0.690. The molecule has 0 N–H and O–H groups in total. The van der Waals surface area contributed by atoms with Crippen LogP contribution < -0.4 is 4.90 Å². The SMILES string of the molecule is COC(F)(F)C#Cc1cc(N2CCC(OC3CC(OC(C)C)C3)CC2)ccn1. The molecule has 1 saturated heterocycles. The van der Waals surface area contributed by atoms with E-state index >= 15 is 0 Å². The highest BCUT2D eigenvalue weighted by molar-refractivity contribution is 5.50. The van der Waals surface area contributed by atoms with Gasteiger partial charge in [-0.25, -0.2) is 4.98 Å². The summed E-state index contributed by atoms with van der Waals surface area (Å²) in [5.74, 6) is 4.18. The van der Waals surface area contributed by atoms with E-state index in [2.05, 4.69) is 34.4 Å². The predicted molar refractivity (Wildman–Crippen MR) is 102 cm³/mol. The van der Waals surface area contributed by atoms with Crippen LogP contribution >= 0.6 is 0 Å². The van der Waals surface area contributed by atoms with Gasteiger partial charge in [0.2, 0.25) is 0 Å². The highest BCUT2D eigenvalue weighted by atomic mass is 19.3. The van der Waals surface area contributed by atoms with E-state index in [0.717, 1.165) is 51.6 Å². The Kier molecular flexibility index (Phi) is 6.86. The van der Waals surface area contributed by atoms with Gasteiger partial charge in [-0.3, -0.25) is 0 Å². The van der Waals surface area contributed by atoms with Crippen LogP contribution in [0.5, 0.6) is 0 Å². The van der Waals surface area contributed by atoms with E-state index in [9.17, 15) is 8.78 Å². The van der Waals surface area contributed by atoms with Crippen molar-refractivity contribution in [3.8, 4) is 11.8 Å². The van der Waals surface area contributed by atoms with Gasteiger partial charge in [0.15, 0.2) is 0 Å². The Labute approximate surface area is 165 Å². The molecule has 0 radical (unpaired) electrons. The topological polar surface area (TPSA) is 43.8 Å². The molecule has 0 atom stereocenters. The number of anilines is 1. The van der Waals surface area contributed by atoms with Crippen molar-refractivity contribution in [1.29, 1.82) is 0 Å². The molecule has 0 amide bonds. The molecule has 2 heterocycles. The highest BCUT2D eigenvalue weighted by Gasteiger charge is 2.34. The number of ether oxygens (including phenoxy) is 3. The summed E-state index contributed by atoms with van der Waals surface area (Å²) >= 11 is 0. The first-order valence-electron chi connectivity index (χ1n) is 9.82. The number of methoxy groups -OCH3 is 1. The van der Waals surface area contributed by atoms with Gasteiger partial charge in [0, 0.05) is 38.0 Å². The maximum Gasteiger partial charge on any atom is 0.423 e. The number of piperidine rings is 1. The third kappa shape index (κ3) is 5.87. The van der Waals surface area contributed by atoms with Crippen LogP contribution in [0.15, 0.2) is 18.3 Å². The molecule has 1 aromatic rings. The zero-order valence-corrected chi connectivity index (χ0v) is 16.7. The minimum absolute atomic E-state index is 0.266. The molecule has 1 aliphatic heterocycles. The van der Waals surface area contributed by atoms with Crippen LogP contribution in [0.1, 0.15) is 45.2 Å². The molecular weight excluding hydrogens is 366 g/mol. The summed E-state index contributed by atoms with van der Waals surface area (Å²) in [6.45, 7) is 5.83. The Morgan fingerprint density at radius 1 is 1.18 bits per heavy atom. The Balaban J connectivity index is 1.47. The van der Waals surface area contributed by atoms with Crippen LogP contribution in [0.3, 0.4) is 0 Å². The molecule has 0 bridgehead atoms. The van der Waals surface area contributed by atoms with E-state index in [4.69, 9.17) is 9.47 Å². The van der Waals surface area contributed by atoms with Crippen LogP contribution in [0.4, 0.5) is 14.5 Å². The Morgan fingerprint density at radius 2 is 1.89 bits per heavy atom. The number of pyridine rings is 1. The molecule has 28 heavy (non-hydrogen) atoms. The fraction of sp³-hybridized carbons (Fsp3) is 0.667. The first-order valence-corrected chi connectivity index (χ1v) is 9.82. The van der Waals surface area contributed by atoms with Gasteiger partial charge in [-0.05, 0) is 57.6 Å². The smallest absolute Gasteiger partial charge is 0.375 e. The van der Waals surface area contributed by atoms with Crippen molar-refractivity contribution in [2.24, 2.45) is 0 Å². The first-order chi connectivity index (χ1) is 13.3. The Hall–Kier alpha value is -1.75. The summed E-state index contributed by atoms with van der Waals surface area (Å²) in [6.07, 6.45) is 3.16. The summed E-state index contributed by atoms with van der Waals surface area (Å²) in [5, 5.41) is 0. The van der Waals surface area contributed by atoms with E-state index in [0.29, 0.717) is 17.9 Å². The van der Waals surface area contributed by atoms with Crippen LogP contribution in [-0.4, -0.2) is 55.7 Å². The fourth-order valence-corrected chi connectivity index (χ4v) is 3.52. The van der Waals surface area contributed by atoms with Crippen molar-refractivity contribution in [2.45, 2.75) is 70.1 Å². The second-order valence-corrected chi connectivity index (χ2v) is 7.59. The van der Waals surface area contributed by atoms with Gasteiger partial charge in [0.05, 0.1) is 24.4 Å². The number of rotatable bonds is 6. The van der Waals surface area contributed by atoms with Crippen molar-refractivity contribution in [2.75, 3.05) is 25.1 Å². The second kappa shape index (κ2) is 9.17. The average molecular weight is 394 g/mol. The fourth-order valence-electron chi connectivity index (χ4n) is 3.52. The molecule has 2 fully saturated rings. The first kappa shape index (κ1) is 21.0. The van der Waals surface area contributed by atoms with Crippen molar-refractivity contribution in [3.63, 3.8) is 0 Å². The zero-order valence-electron chi connectivity index (χ0n) is 16.7. The van der Waals surface area contributed by atoms with Gasteiger partial charge in [-0.2, -0.15) is 8.78 Å². The maximum absolute atomic E-state index is 13.1. The summed E-state index contributed by atoms with van der Waals surface area (Å²) in [7, 11) is 0.922. The molecule has 0 aromatic carbocycles. The van der Waals surface area contributed by atoms with Crippen molar-refractivity contribution >= 4 is 5.69 Å². The van der Waals surface area contributed by atoms with Gasteiger partial charge in [0.1, 0.15) is 5.69 Å². The van der Waals surface area contributed by atoms with E-state index in [1.807, 2.05) is 6.07 Å². The third-order valence-corrected chi connectivity index (χ3v) is 5.04. The maximum atomic E-state index is 13.1. The van der Waals surface area contributed by atoms with E-state index in [1.165, 1.54) is 0 Å². The lowest BCUT2D eigenvalue weighted by atomic mass is 9.91. The molecule has 1 saturated carbocycles. The molecule has 154 valence electrons. The van der Waals surface area contributed by atoms with Gasteiger partial charge in [0.25, 0.3) is 0 Å². The molecular formula is C21H28F2N2O3. The predicted octanol–water partition coefficient (Wildman–Crippen LogP) is 3.61. The van der Waals surface area contributed by atoms with Crippen molar-refractivity contribution in [3.05, 3.63) is 24.0 Å². The molecule has 0 unspecified atom stereocenters. The van der Waals surface area contributed by atoms with Crippen molar-refractivity contribution in [1.82, 2.24) is 4.98 Å². The van der Waals surface area contributed by atoms with Crippen LogP contribution in [0.2, 0.25) is 0 Å². The molecule has 3 rings (SSSR count). The molecule has 0 spiro atoms. The van der Waals surface area contributed by atoms with Crippen LogP contribution in [0, 0.1) is 11.8 Å². The third-order valence-electron chi connectivity index (χ3n) is 5.04. The molecule has 1 aliphatic carbocycles. The standard InChI is InChI=1S/C21H28F2N2O3/c1-15(2)27-19-13-20(14-19)28-18-6-10-25(11-7-18)17-5-9-24-16(12-17)4-8-21(22,23)26-3/h5,9,12,15,18-20H,6-7,10-11,13-14H2,1-3H3. The Morgan fingerprint density at radius 3 is 2.54 bits per heavy atom. The van der Waals surface area contributed by atoms with E-state index < -0.39 is 6.11 Å². The molecule has 7 heteroatoms. The lowest BCUT2D eigenvalue weighted by Gasteiger charge is -2.40. The largest absolute Gasteiger partial charge is 0.423 e. The number of halogens is 2. The van der Waals surface area contributed by atoms with Gasteiger partial charge in [-0.1, -0.05) is 0 Å². The van der Waals surface area contributed by atoms with Crippen LogP contribution in [0.25, 0.3) is 0 Å². The summed E-state index contributed by atoms with van der Waals surface area (Å²) in [5.41, 5.74) is 1.24. The van der Waals surface area contributed by atoms with Gasteiger partial charge in [-0.15, -0.1) is 0 Å². The highest BCUT2D eigenvalue weighted by Crippen LogP contribution is 2.31. The minimum atomic E-state index is -3.46. The van der Waals surface area contributed by atoms with Gasteiger partial charge < -0.3 is 19.1 Å². The number of hydrogen-bond donors (Lipinski definition) is 0. The number of alkyl halides is 2. The number of nitrogens with zero attached hydrogens (tertiary/aromatic N) is 2. The monoisotopic (exact) mass is 394 g/mol. The van der Waals surface area contributed by atoms with Crippen molar-refractivity contribution < 1.29 is 23.0 Å². The molecule has 5 nitrogen and oxygen atoms in total.